The van der Waals surface area contributed by atoms with Crippen molar-refractivity contribution in [3.63, 3.8) is 0 Å². The number of aromatic nitrogens is 2. The lowest BCUT2D eigenvalue weighted by Gasteiger charge is -2.31. The molecule has 1 fully saturated rings. The van der Waals surface area contributed by atoms with Gasteiger partial charge in [0, 0.05) is 69.1 Å². The predicted octanol–water partition coefficient (Wildman–Crippen LogP) is 5.87. The number of halogens is 3. The number of alkyl halides is 2. The molecule has 0 bridgehead atoms. The lowest BCUT2D eigenvalue weighted by Crippen LogP contribution is -2.38. The van der Waals surface area contributed by atoms with E-state index in [4.69, 9.17) is 0 Å². The third kappa shape index (κ3) is 6.14. The largest absolute Gasteiger partial charge is 0.353 e. The maximum absolute atomic E-state index is 13.5. The number of likely N-dealkylation sites (tertiary alicyclic amines) is 1. The Balaban J connectivity index is 1.55. The summed E-state index contributed by atoms with van der Waals surface area (Å²) in [4.78, 5) is 14.7. The van der Waals surface area contributed by atoms with Gasteiger partial charge in [-0.15, -0.1) is 0 Å². The second-order valence-electron chi connectivity index (χ2n) is 8.81. The fourth-order valence-corrected chi connectivity index (χ4v) is 4.22. The second-order valence-corrected chi connectivity index (χ2v) is 8.81. The molecule has 1 aromatic carbocycles. The van der Waals surface area contributed by atoms with Crippen molar-refractivity contribution in [1.29, 1.82) is 0 Å². The minimum Gasteiger partial charge on any atom is -0.353 e. The zero-order chi connectivity index (χ0) is 25.0. The topological polar surface area (TPSA) is 53.4 Å². The monoisotopic (exact) mass is 479 g/mol. The summed E-state index contributed by atoms with van der Waals surface area (Å²) in [5, 5.41) is 3.08. The van der Waals surface area contributed by atoms with Gasteiger partial charge in [0.15, 0.2) is 0 Å². The van der Waals surface area contributed by atoms with Gasteiger partial charge in [-0.2, -0.15) is 0 Å². The number of hydrogen-bond acceptors (Lipinski definition) is 5. The van der Waals surface area contributed by atoms with Crippen molar-refractivity contribution in [1.82, 2.24) is 14.9 Å². The van der Waals surface area contributed by atoms with E-state index in [1.165, 1.54) is 12.3 Å². The van der Waals surface area contributed by atoms with E-state index in [0.717, 1.165) is 34.0 Å². The minimum atomic E-state index is -2.56. The normalized spacial score (nSPS) is 16.2. The van der Waals surface area contributed by atoms with Crippen LogP contribution >= 0.6 is 0 Å². The number of benzene rings is 1. The van der Waals surface area contributed by atoms with Gasteiger partial charge in [0.1, 0.15) is 5.82 Å². The molecule has 3 heterocycles. The molecular weight excluding hydrogens is 451 g/mol. The third-order valence-corrected chi connectivity index (χ3v) is 6.12. The summed E-state index contributed by atoms with van der Waals surface area (Å²) < 4.78 is 40.5. The van der Waals surface area contributed by atoms with Crippen molar-refractivity contribution in [3.8, 4) is 11.1 Å². The highest BCUT2D eigenvalue weighted by molar-refractivity contribution is 6.15. The third-order valence-electron chi connectivity index (χ3n) is 6.12. The Bertz CT molecular complexity index is 1250. The Morgan fingerprint density at radius 1 is 1.06 bits per heavy atom. The van der Waals surface area contributed by atoms with E-state index in [0.29, 0.717) is 36.7 Å². The summed E-state index contributed by atoms with van der Waals surface area (Å²) in [5.41, 5.74) is 6.40. The van der Waals surface area contributed by atoms with Gasteiger partial charge >= 0.3 is 0 Å². The maximum atomic E-state index is 13.5. The Kier molecular flexibility index (Phi) is 7.31. The van der Waals surface area contributed by atoms with E-state index < -0.39 is 11.7 Å². The van der Waals surface area contributed by atoms with E-state index in [2.05, 4.69) is 26.9 Å². The van der Waals surface area contributed by atoms with Gasteiger partial charge in [0.2, 0.25) is 0 Å². The molecule has 0 saturated carbocycles. The number of allylic oxidation sites excluding steroid dienone is 1. The number of hydrogen-bond donors (Lipinski definition) is 1. The number of aliphatic imine (C=N–C) groups is 1. The molecular formula is C27H28F3N5. The van der Waals surface area contributed by atoms with E-state index >= 15 is 0 Å². The van der Waals surface area contributed by atoms with E-state index in [-0.39, 0.29) is 12.8 Å². The molecule has 182 valence electrons. The number of aryl methyl sites for hydroxylation is 1. The van der Waals surface area contributed by atoms with Gasteiger partial charge in [-0.1, -0.05) is 18.7 Å². The standard InChI is InChI=1S/C27H28F3N5/c1-18-4-5-21(11-25(18)26(31-3)19(2)34-24-12-23(28)15-33-16-24)22-10-20(13-32-14-22)17-35-8-6-27(29,30)7-9-35/h4-5,10-16,34H,2,6-9,17H2,1,3H3. The lowest BCUT2D eigenvalue weighted by molar-refractivity contribution is -0.0566. The highest BCUT2D eigenvalue weighted by atomic mass is 19.3. The van der Waals surface area contributed by atoms with Crippen LogP contribution < -0.4 is 5.32 Å². The van der Waals surface area contributed by atoms with Crippen LogP contribution in [0.3, 0.4) is 0 Å². The molecule has 35 heavy (non-hydrogen) atoms. The summed E-state index contributed by atoms with van der Waals surface area (Å²) >= 11 is 0. The first-order valence-electron chi connectivity index (χ1n) is 11.4. The van der Waals surface area contributed by atoms with Gasteiger partial charge in [-0.3, -0.25) is 19.9 Å². The maximum Gasteiger partial charge on any atom is 0.250 e. The van der Waals surface area contributed by atoms with Gasteiger partial charge in [-0.25, -0.2) is 13.2 Å². The van der Waals surface area contributed by atoms with Crippen LogP contribution in [0.2, 0.25) is 0 Å². The zero-order valence-corrected chi connectivity index (χ0v) is 19.9. The molecule has 0 aliphatic carbocycles. The van der Waals surface area contributed by atoms with Gasteiger partial charge in [0.25, 0.3) is 5.92 Å². The Hall–Kier alpha value is -3.52. The highest BCUT2D eigenvalue weighted by Crippen LogP contribution is 2.29. The lowest BCUT2D eigenvalue weighted by atomic mass is 9.96. The van der Waals surface area contributed by atoms with Crippen LogP contribution in [0.5, 0.6) is 0 Å². The van der Waals surface area contributed by atoms with Crippen LogP contribution in [0.25, 0.3) is 11.1 Å². The number of piperidine rings is 1. The first-order chi connectivity index (χ1) is 16.7. The SMILES string of the molecule is C=C(Nc1cncc(F)c1)C(=NC)c1cc(-c2cncc(CN3CCC(F)(F)CC3)c2)ccc1C. The van der Waals surface area contributed by atoms with E-state index in [1.807, 2.05) is 36.1 Å². The molecule has 0 unspecified atom stereocenters. The summed E-state index contributed by atoms with van der Waals surface area (Å²) in [7, 11) is 1.68. The predicted molar refractivity (Wildman–Crippen MR) is 133 cm³/mol. The van der Waals surface area contributed by atoms with E-state index in [9.17, 15) is 13.2 Å². The molecule has 8 heteroatoms. The van der Waals surface area contributed by atoms with Crippen molar-refractivity contribution in [2.75, 3.05) is 25.5 Å². The quantitative estimate of drug-likeness (QED) is 0.431. The molecule has 5 nitrogen and oxygen atoms in total. The van der Waals surface area contributed by atoms with Crippen LogP contribution in [0, 0.1) is 12.7 Å². The van der Waals surface area contributed by atoms with E-state index in [1.54, 1.807) is 19.4 Å². The molecule has 1 N–H and O–H groups in total. The molecule has 0 radical (unpaired) electrons. The van der Waals surface area contributed by atoms with Crippen LogP contribution in [-0.2, 0) is 6.54 Å². The van der Waals surface area contributed by atoms with Crippen molar-refractivity contribution < 1.29 is 13.2 Å². The van der Waals surface area contributed by atoms with Gasteiger partial charge < -0.3 is 5.32 Å². The number of nitrogens with one attached hydrogen (secondary N) is 1. The highest BCUT2D eigenvalue weighted by Gasteiger charge is 2.33. The molecule has 1 aliphatic rings. The van der Waals surface area contributed by atoms with Crippen LogP contribution in [0.1, 0.15) is 29.5 Å². The van der Waals surface area contributed by atoms with Crippen molar-refractivity contribution >= 4 is 11.4 Å². The number of anilines is 1. The Labute approximate surface area is 203 Å². The molecule has 0 atom stereocenters. The van der Waals surface area contributed by atoms with Gasteiger partial charge in [-0.05, 0) is 35.7 Å². The summed E-state index contributed by atoms with van der Waals surface area (Å²) in [5.74, 6) is -3.00. The Morgan fingerprint density at radius 2 is 1.80 bits per heavy atom. The molecule has 4 rings (SSSR count). The summed E-state index contributed by atoms with van der Waals surface area (Å²) in [6, 6.07) is 9.43. The summed E-state index contributed by atoms with van der Waals surface area (Å²) in [6.07, 6.45) is 6.01. The fourth-order valence-electron chi connectivity index (χ4n) is 4.22. The Morgan fingerprint density at radius 3 is 2.51 bits per heavy atom. The summed E-state index contributed by atoms with van der Waals surface area (Å²) in [6.45, 7) is 7.41. The van der Waals surface area contributed by atoms with Crippen molar-refractivity contribution in [2.45, 2.75) is 32.2 Å². The fraction of sp³-hybridized carbons (Fsp3) is 0.296. The smallest absolute Gasteiger partial charge is 0.250 e. The first-order valence-corrected chi connectivity index (χ1v) is 11.4. The van der Waals surface area contributed by atoms with Crippen molar-refractivity contribution in [3.05, 3.63) is 89.9 Å². The molecule has 0 spiro atoms. The average Bonchev–Trinajstić information content (AvgIpc) is 2.82. The van der Waals surface area contributed by atoms with Crippen molar-refractivity contribution in [2.24, 2.45) is 4.99 Å². The zero-order valence-electron chi connectivity index (χ0n) is 19.9. The second kappa shape index (κ2) is 10.4. The number of rotatable bonds is 7. The molecule has 1 aliphatic heterocycles. The number of pyridine rings is 2. The minimum absolute atomic E-state index is 0.107. The first kappa shape index (κ1) is 24.6. The number of nitrogens with zero attached hydrogens (tertiary/aromatic N) is 4. The average molecular weight is 480 g/mol. The van der Waals surface area contributed by atoms with Crippen LogP contribution in [0.4, 0.5) is 18.9 Å². The molecule has 3 aromatic rings. The molecule has 1 saturated heterocycles. The molecule has 0 amide bonds. The van der Waals surface area contributed by atoms with Crippen LogP contribution in [0.15, 0.2) is 72.4 Å². The van der Waals surface area contributed by atoms with Crippen LogP contribution in [-0.4, -0.2) is 46.6 Å². The van der Waals surface area contributed by atoms with Gasteiger partial charge in [0.05, 0.1) is 29.5 Å². The molecule has 2 aromatic heterocycles.